The molecule has 0 unspecified atom stereocenters. The molecule has 0 atom stereocenters. The van der Waals surface area contributed by atoms with Crippen molar-refractivity contribution in [2.24, 2.45) is 0 Å². The Morgan fingerprint density at radius 2 is 1.93 bits per heavy atom. The molecule has 2 aromatic heterocycles. The Bertz CT molecular complexity index is 974. The van der Waals surface area contributed by atoms with Crippen LogP contribution in [0.25, 0.3) is 10.2 Å². The quantitative estimate of drug-likeness (QED) is 0.574. The van der Waals surface area contributed by atoms with Gasteiger partial charge in [0.15, 0.2) is 0 Å². The number of pyridine rings is 1. The average molecular weight is 395 g/mol. The molecule has 6 heteroatoms. The number of nitrogens with two attached hydrogens (primary N) is 1. The fraction of sp³-hybridized carbons (Fsp3) is 0.364. The fourth-order valence-corrected chi connectivity index (χ4v) is 4.79. The summed E-state index contributed by atoms with van der Waals surface area (Å²) in [7, 11) is 0. The number of rotatable bonds is 6. The van der Waals surface area contributed by atoms with E-state index in [2.05, 4.69) is 39.9 Å². The molecule has 1 fully saturated rings. The maximum atomic E-state index is 12.5. The molecule has 0 aliphatic heterocycles. The van der Waals surface area contributed by atoms with Gasteiger partial charge >= 0.3 is 0 Å². The summed E-state index contributed by atoms with van der Waals surface area (Å²) in [5.74, 6) is -0.127. The van der Waals surface area contributed by atoms with Gasteiger partial charge in [-0.2, -0.15) is 0 Å². The van der Waals surface area contributed by atoms with E-state index in [0.29, 0.717) is 23.2 Å². The van der Waals surface area contributed by atoms with E-state index in [0.717, 1.165) is 22.3 Å². The van der Waals surface area contributed by atoms with Crippen molar-refractivity contribution in [3.63, 3.8) is 0 Å². The van der Waals surface area contributed by atoms with E-state index in [1.807, 2.05) is 19.1 Å². The van der Waals surface area contributed by atoms with E-state index in [-0.39, 0.29) is 5.91 Å². The number of hydrogen-bond donors (Lipinski definition) is 3. The maximum Gasteiger partial charge on any atom is 0.263 e. The first kappa shape index (κ1) is 18.7. The standard InChI is InChI=1S/C22H26N4OS/c1-14-6-11-18-19(23)20(28-22(18)25-14)21(27)24-13-12-15-7-9-17(10-8-15)26-16-4-2-3-5-16/h6-11,16,26H,2-5,12-13,23H2,1H3,(H,24,27). The highest BCUT2D eigenvalue weighted by Gasteiger charge is 2.17. The second-order valence-electron chi connectivity index (χ2n) is 7.48. The number of aryl methyl sites for hydroxylation is 1. The largest absolute Gasteiger partial charge is 0.397 e. The SMILES string of the molecule is Cc1ccc2c(N)c(C(=O)NCCc3ccc(NC4CCCC4)cc3)sc2n1. The number of carbonyl (C=O) groups excluding carboxylic acids is 1. The summed E-state index contributed by atoms with van der Waals surface area (Å²) >= 11 is 1.35. The Morgan fingerprint density at radius 3 is 2.68 bits per heavy atom. The van der Waals surface area contributed by atoms with Crippen molar-refractivity contribution in [1.29, 1.82) is 0 Å². The van der Waals surface area contributed by atoms with Gasteiger partial charge in [0.1, 0.15) is 9.71 Å². The normalized spacial score (nSPS) is 14.5. The minimum atomic E-state index is -0.127. The zero-order valence-electron chi connectivity index (χ0n) is 16.1. The first-order valence-corrected chi connectivity index (χ1v) is 10.7. The number of nitrogen functional groups attached to an aromatic ring is 1. The summed E-state index contributed by atoms with van der Waals surface area (Å²) < 4.78 is 0. The second kappa shape index (κ2) is 8.19. The summed E-state index contributed by atoms with van der Waals surface area (Å²) in [6, 6.07) is 13.0. The number of amides is 1. The molecular formula is C22H26N4OS. The molecule has 4 N–H and O–H groups in total. The zero-order chi connectivity index (χ0) is 19.5. The Labute approximate surface area is 169 Å². The molecule has 5 nitrogen and oxygen atoms in total. The number of benzene rings is 1. The van der Waals surface area contributed by atoms with E-state index in [9.17, 15) is 4.79 Å². The monoisotopic (exact) mass is 394 g/mol. The van der Waals surface area contributed by atoms with E-state index in [1.165, 1.54) is 48.3 Å². The molecule has 4 rings (SSSR count). The van der Waals surface area contributed by atoms with Crippen molar-refractivity contribution >= 4 is 38.8 Å². The van der Waals surface area contributed by atoms with E-state index < -0.39 is 0 Å². The van der Waals surface area contributed by atoms with E-state index >= 15 is 0 Å². The third kappa shape index (κ3) is 4.12. The van der Waals surface area contributed by atoms with Crippen LogP contribution in [-0.2, 0) is 6.42 Å². The molecule has 1 saturated carbocycles. The van der Waals surface area contributed by atoms with Gasteiger partial charge < -0.3 is 16.4 Å². The van der Waals surface area contributed by atoms with Crippen molar-refractivity contribution in [3.05, 3.63) is 52.5 Å². The lowest BCUT2D eigenvalue weighted by Gasteiger charge is -2.13. The molecule has 1 aromatic carbocycles. The third-order valence-corrected chi connectivity index (χ3v) is 6.43. The Kier molecular flexibility index (Phi) is 5.48. The first-order chi connectivity index (χ1) is 13.6. The molecular weight excluding hydrogens is 368 g/mol. The average Bonchev–Trinajstić information content (AvgIpc) is 3.31. The minimum absolute atomic E-state index is 0.127. The van der Waals surface area contributed by atoms with Crippen LogP contribution in [0.2, 0.25) is 0 Å². The van der Waals surface area contributed by atoms with Gasteiger partial charge in [0.25, 0.3) is 5.91 Å². The molecule has 3 aromatic rings. The molecule has 0 bridgehead atoms. The number of nitrogens with zero attached hydrogens (tertiary/aromatic N) is 1. The highest BCUT2D eigenvalue weighted by molar-refractivity contribution is 7.21. The first-order valence-electron chi connectivity index (χ1n) is 9.89. The fourth-order valence-electron chi connectivity index (χ4n) is 3.73. The number of nitrogens with one attached hydrogen (secondary N) is 2. The van der Waals surface area contributed by atoms with Gasteiger partial charge in [0.05, 0.1) is 5.69 Å². The molecule has 1 amide bonds. The van der Waals surface area contributed by atoms with Gasteiger partial charge in [-0.05, 0) is 56.0 Å². The highest BCUT2D eigenvalue weighted by Crippen LogP contribution is 2.32. The van der Waals surface area contributed by atoms with Gasteiger partial charge in [0.2, 0.25) is 0 Å². The lowest BCUT2D eigenvalue weighted by molar-refractivity contribution is 0.0959. The molecule has 1 aliphatic rings. The molecule has 0 saturated heterocycles. The Balaban J connectivity index is 1.32. The Hall–Kier alpha value is -2.60. The van der Waals surface area contributed by atoms with Crippen LogP contribution in [0.3, 0.4) is 0 Å². The molecule has 28 heavy (non-hydrogen) atoms. The second-order valence-corrected chi connectivity index (χ2v) is 8.48. The Morgan fingerprint density at radius 1 is 1.18 bits per heavy atom. The predicted octanol–water partition coefficient (Wildman–Crippen LogP) is 4.51. The third-order valence-electron chi connectivity index (χ3n) is 5.32. The van der Waals surface area contributed by atoms with Gasteiger partial charge in [-0.15, -0.1) is 11.3 Å². The van der Waals surface area contributed by atoms with Gasteiger partial charge in [-0.1, -0.05) is 25.0 Å². The summed E-state index contributed by atoms with van der Waals surface area (Å²) in [5, 5.41) is 7.44. The van der Waals surface area contributed by atoms with Crippen LogP contribution in [0.4, 0.5) is 11.4 Å². The van der Waals surface area contributed by atoms with Crippen LogP contribution >= 0.6 is 11.3 Å². The van der Waals surface area contributed by atoms with Crippen molar-refractivity contribution in [3.8, 4) is 0 Å². The van der Waals surface area contributed by atoms with Crippen LogP contribution < -0.4 is 16.4 Å². The van der Waals surface area contributed by atoms with Crippen LogP contribution in [0.5, 0.6) is 0 Å². The minimum Gasteiger partial charge on any atom is -0.397 e. The number of aromatic nitrogens is 1. The topological polar surface area (TPSA) is 80.0 Å². The summed E-state index contributed by atoms with van der Waals surface area (Å²) in [6.07, 6.45) is 5.98. The number of carbonyl (C=O) groups is 1. The lowest BCUT2D eigenvalue weighted by atomic mass is 10.1. The van der Waals surface area contributed by atoms with Gasteiger partial charge in [0, 0.05) is 29.4 Å². The number of hydrogen-bond acceptors (Lipinski definition) is 5. The highest BCUT2D eigenvalue weighted by atomic mass is 32.1. The van der Waals surface area contributed by atoms with Crippen molar-refractivity contribution < 1.29 is 4.79 Å². The van der Waals surface area contributed by atoms with Crippen LogP contribution in [0.15, 0.2) is 36.4 Å². The van der Waals surface area contributed by atoms with Crippen LogP contribution in [0.1, 0.15) is 46.6 Å². The number of fused-ring (bicyclic) bond motifs is 1. The van der Waals surface area contributed by atoms with Gasteiger partial charge in [-0.25, -0.2) is 4.98 Å². The zero-order valence-corrected chi connectivity index (χ0v) is 16.9. The summed E-state index contributed by atoms with van der Waals surface area (Å²) in [4.78, 5) is 18.4. The molecule has 0 radical (unpaired) electrons. The lowest BCUT2D eigenvalue weighted by Crippen LogP contribution is -2.25. The van der Waals surface area contributed by atoms with Crippen molar-refractivity contribution in [2.45, 2.75) is 45.1 Å². The van der Waals surface area contributed by atoms with Crippen LogP contribution in [-0.4, -0.2) is 23.5 Å². The molecule has 1 aliphatic carbocycles. The summed E-state index contributed by atoms with van der Waals surface area (Å²) in [6.45, 7) is 2.51. The molecule has 2 heterocycles. The van der Waals surface area contributed by atoms with Gasteiger partial charge in [-0.3, -0.25) is 4.79 Å². The maximum absolute atomic E-state index is 12.5. The van der Waals surface area contributed by atoms with Crippen molar-refractivity contribution in [1.82, 2.24) is 10.3 Å². The molecule has 146 valence electrons. The molecule has 0 spiro atoms. The predicted molar refractivity (Wildman–Crippen MR) is 117 cm³/mol. The number of thiophene rings is 1. The number of anilines is 2. The van der Waals surface area contributed by atoms with Crippen molar-refractivity contribution in [2.75, 3.05) is 17.6 Å². The van der Waals surface area contributed by atoms with Crippen LogP contribution in [0, 0.1) is 6.92 Å². The van der Waals surface area contributed by atoms with E-state index in [1.54, 1.807) is 0 Å². The van der Waals surface area contributed by atoms with E-state index in [4.69, 9.17) is 5.73 Å². The smallest absolute Gasteiger partial charge is 0.263 e. The summed E-state index contributed by atoms with van der Waals surface area (Å²) in [5.41, 5.74) is 9.99.